The second kappa shape index (κ2) is 28.0. The van der Waals surface area contributed by atoms with Gasteiger partial charge in [-0.2, -0.15) is 9.13 Å². The van der Waals surface area contributed by atoms with E-state index in [1.54, 1.807) is 201 Å². The molecule has 0 spiro atoms. The Hall–Kier alpha value is -8.15. The maximum Gasteiger partial charge on any atom is 0.215 e. The molecule has 0 saturated heterocycles. The van der Waals surface area contributed by atoms with Crippen LogP contribution >= 0.6 is 0 Å². The number of aromatic nitrogens is 5. The van der Waals surface area contributed by atoms with Crippen molar-refractivity contribution in [1.29, 1.82) is 0 Å². The van der Waals surface area contributed by atoms with Crippen LogP contribution in [0.15, 0.2) is 170 Å². The number of rotatable bonds is 5. The van der Waals surface area contributed by atoms with Gasteiger partial charge in [0, 0.05) is 142 Å². The van der Waals surface area contributed by atoms with E-state index in [9.17, 15) is 0 Å². The van der Waals surface area contributed by atoms with Gasteiger partial charge in [-0.05, 0) is 191 Å². The molecule has 0 atom stereocenters. The van der Waals surface area contributed by atoms with E-state index in [1.807, 2.05) is 69.5 Å². The monoisotopic (exact) mass is 1120 g/mol. The van der Waals surface area contributed by atoms with E-state index in [0.717, 1.165) is 84.1 Å². The minimum atomic E-state index is -2.23. The highest BCUT2D eigenvalue weighted by Crippen LogP contribution is 2.27. The largest absolute Gasteiger partial charge is 0.215 e. The second-order valence-corrected chi connectivity index (χ2v) is 20.5. The quantitative estimate of drug-likeness (QED) is 0.153. The van der Waals surface area contributed by atoms with Gasteiger partial charge in [0.2, 0.25) is 28.5 Å². The van der Waals surface area contributed by atoms with Crippen molar-refractivity contribution >= 4 is 0 Å². The van der Waals surface area contributed by atoms with Gasteiger partial charge in [-0.25, -0.2) is 13.7 Å². The normalized spacial score (nSPS) is 17.5. The SMILES string of the molecule is [2H]C([2H])([2H])c1ccc(-c2c(C([2H])([2H])[2H])ccc[n+]2C)c(C)c1.[2H]C([2H])([2H])c1ccc(-c2cc(C([2H])([2H])[2H])cc(C)[n+]2C)c(C)c1.[2H]C([2H])([2H])c1ccc(-c2cc(C([2H])([2H])[2H])cc[n+]2C)c(C)c1.[2H]C([2H])([2H])c1ccc(-c2ccc(C([2H])([2H])[2H])c(C)[n+]2C)c(C)c1.[2H]C([2H])([2H])c1ccc(-c2ccc(C([2H])([2H])[2H])c[n+]2C)c(C)c1. The average Bonchev–Trinajstić information content (AvgIpc) is 0.787. The molecule has 0 aliphatic carbocycles. The summed E-state index contributed by atoms with van der Waals surface area (Å²) < 4.78 is 235. The Morgan fingerprint density at radius 3 is 1.18 bits per heavy atom. The van der Waals surface area contributed by atoms with E-state index in [0.29, 0.717) is 28.1 Å². The van der Waals surface area contributed by atoms with Crippen LogP contribution in [-0.2, 0) is 35.2 Å². The highest BCUT2D eigenvalue weighted by Gasteiger charge is 2.19. The molecule has 0 fully saturated rings. The van der Waals surface area contributed by atoms with Crippen LogP contribution in [0.1, 0.15) is 136 Å². The van der Waals surface area contributed by atoms with Gasteiger partial charge in [-0.15, -0.1) is 0 Å². The summed E-state index contributed by atoms with van der Waals surface area (Å²) in [6, 6.07) is 41.3. The van der Waals surface area contributed by atoms with Crippen molar-refractivity contribution in [3.8, 4) is 56.3 Å². The van der Waals surface area contributed by atoms with Crippen molar-refractivity contribution in [2.45, 2.75) is 117 Å². The van der Waals surface area contributed by atoms with Gasteiger partial charge < -0.3 is 0 Å². The minimum absolute atomic E-state index is 0.252. The van der Waals surface area contributed by atoms with Crippen LogP contribution in [0, 0.1) is 117 Å². The van der Waals surface area contributed by atoms with E-state index in [2.05, 4.69) is 0 Å². The van der Waals surface area contributed by atoms with Crippen molar-refractivity contribution in [1.82, 2.24) is 0 Å². The van der Waals surface area contributed by atoms with Gasteiger partial charge in [0.15, 0.2) is 30.0 Å². The fraction of sp³-hybridized carbons (Fsp3) is 0.286. The minimum Gasteiger partial charge on any atom is -0.201 e. The van der Waals surface area contributed by atoms with Gasteiger partial charge in [0.05, 0.1) is 0 Å². The lowest BCUT2D eigenvalue weighted by Crippen LogP contribution is -2.35. The smallest absolute Gasteiger partial charge is 0.201 e. The Morgan fingerprint density at radius 1 is 0.280 bits per heavy atom. The first-order chi connectivity index (χ1) is 50.8. The van der Waals surface area contributed by atoms with Crippen molar-refractivity contribution in [3.05, 3.63) is 265 Å². The number of benzene rings is 5. The molecule has 5 heterocycles. The average molecular weight is 1120 g/mol. The Labute approximate surface area is 536 Å². The molecule has 82 heavy (non-hydrogen) atoms. The molecule has 10 rings (SSSR count). The number of aryl methyl sites for hydroxylation is 19. The van der Waals surface area contributed by atoms with Crippen molar-refractivity contribution in [2.75, 3.05) is 0 Å². The highest BCUT2D eigenvalue weighted by atomic mass is 15.0. The maximum absolute atomic E-state index is 7.70. The fourth-order valence-corrected chi connectivity index (χ4v) is 9.49. The summed E-state index contributed by atoms with van der Waals surface area (Å²) in [5.41, 5.74) is 16.2. The Kier molecular flexibility index (Phi) is 11.3. The predicted octanol–water partition coefficient (Wildman–Crippen LogP) is 16.1. The zero-order chi connectivity index (χ0) is 85.3. The lowest BCUT2D eigenvalue weighted by molar-refractivity contribution is -0.667. The van der Waals surface area contributed by atoms with Crippen LogP contribution in [0.4, 0.5) is 0 Å². The molecule has 0 aliphatic heterocycles. The number of pyridine rings is 5. The van der Waals surface area contributed by atoms with E-state index in [1.165, 1.54) is 6.07 Å². The molecule has 0 bridgehead atoms. The molecule has 5 aromatic carbocycles. The third kappa shape index (κ3) is 16.1. The van der Waals surface area contributed by atoms with Gasteiger partial charge in [-0.3, -0.25) is 0 Å². The van der Waals surface area contributed by atoms with E-state index in [4.69, 9.17) is 41.1 Å². The molecule has 0 radical (unpaired) electrons. The Bertz CT molecular complexity index is 4980. The van der Waals surface area contributed by atoms with Crippen molar-refractivity contribution in [2.24, 2.45) is 35.2 Å². The first-order valence-corrected chi connectivity index (χ1v) is 26.4. The number of nitrogens with zero attached hydrogens (tertiary/aromatic N) is 5. The molecule has 10 aromatic rings. The molecule has 0 N–H and O–H groups in total. The molecule has 5 nitrogen and oxygen atoms in total. The summed E-state index contributed by atoms with van der Waals surface area (Å²) in [4.78, 5) is 0. The van der Waals surface area contributed by atoms with E-state index >= 15 is 0 Å². The zero-order valence-electron chi connectivity index (χ0n) is 78.9. The van der Waals surface area contributed by atoms with Crippen LogP contribution in [0.5, 0.6) is 0 Å². The van der Waals surface area contributed by atoms with Gasteiger partial charge in [0.25, 0.3) is 0 Å². The summed E-state index contributed by atoms with van der Waals surface area (Å²) in [7, 11) is 9.07. The third-order valence-corrected chi connectivity index (χ3v) is 14.2. The fourth-order valence-electron chi connectivity index (χ4n) is 9.49. The summed E-state index contributed by atoms with van der Waals surface area (Å²) in [5.74, 6) is 0. The summed E-state index contributed by atoms with van der Waals surface area (Å²) in [6.07, 6.45) is 5.06. The van der Waals surface area contributed by atoms with Gasteiger partial charge >= 0.3 is 0 Å². The topological polar surface area (TPSA) is 19.4 Å². The maximum atomic E-state index is 7.70. The zero-order valence-corrected chi connectivity index (χ0v) is 48.9. The summed E-state index contributed by atoms with van der Waals surface area (Å²) in [6.45, 7) is -8.82. The molecular formula is C77H94N5+5. The Morgan fingerprint density at radius 2 is 0.707 bits per heavy atom. The molecule has 0 amide bonds. The number of hydrogen-bond acceptors (Lipinski definition) is 0. The van der Waals surface area contributed by atoms with E-state index in [-0.39, 0.29) is 38.9 Å². The molecule has 0 aliphatic rings. The molecule has 0 unspecified atom stereocenters. The van der Waals surface area contributed by atoms with Crippen LogP contribution in [0.3, 0.4) is 0 Å². The highest BCUT2D eigenvalue weighted by molar-refractivity contribution is 5.66. The summed E-state index contributed by atoms with van der Waals surface area (Å²) in [5, 5.41) is 0. The van der Waals surface area contributed by atoms with Gasteiger partial charge in [-0.1, -0.05) is 88.5 Å². The standard InChI is InChI=1S/2C16H20N.3C15H18N/c1-11-6-8-15(13(3)10-11)16-9-7-12(2)14(4)17(16)5;1-11-6-7-15(13(3)8-11)16-10-12(2)9-14(4)17(16)5;1-11-5-7-14(13(3)9-11)15-8-6-12(2)10-16(15)4;1-11-5-6-14(13(3)9-11)15-10-12(2)7-8-16(15)4;1-11-7-8-14(13(3)10-11)15-12(2)6-5-9-16(15)4/h2*6-10H,1-5H3;3*5-10H,1-4H3/q5*+1/i5*1D3,2D3. The summed E-state index contributed by atoms with van der Waals surface area (Å²) >= 11 is 0. The van der Waals surface area contributed by atoms with Crippen LogP contribution in [-0.4, -0.2) is 0 Å². The molecule has 422 valence electrons. The predicted molar refractivity (Wildman–Crippen MR) is 346 cm³/mol. The molecule has 5 heteroatoms. The third-order valence-electron chi connectivity index (χ3n) is 14.2. The molecule has 5 aromatic heterocycles. The Balaban J connectivity index is 0.000000218. The van der Waals surface area contributed by atoms with Crippen LogP contribution < -0.4 is 22.8 Å². The van der Waals surface area contributed by atoms with Crippen molar-refractivity contribution < 1.29 is 64.0 Å². The lowest BCUT2D eigenvalue weighted by Gasteiger charge is -2.08. The van der Waals surface area contributed by atoms with Gasteiger partial charge in [0.1, 0.15) is 35.2 Å². The first-order valence-electron chi connectivity index (χ1n) is 41.4. The number of hydrogen-bond donors (Lipinski definition) is 0. The second-order valence-electron chi connectivity index (χ2n) is 20.5. The lowest BCUT2D eigenvalue weighted by atomic mass is 9.99. The molecule has 0 saturated carbocycles. The van der Waals surface area contributed by atoms with Crippen molar-refractivity contribution in [3.63, 3.8) is 0 Å². The van der Waals surface area contributed by atoms with Crippen LogP contribution in [0.25, 0.3) is 56.3 Å². The van der Waals surface area contributed by atoms with Crippen LogP contribution in [0.2, 0.25) is 0 Å². The first kappa shape index (κ1) is 33.1. The van der Waals surface area contributed by atoms with E-state index < -0.39 is 68.5 Å². The molecular weight excluding hydrogens is 995 g/mol.